The zero-order valence-electron chi connectivity index (χ0n) is 18.3. The number of carboxylic acid groups (broad SMARTS) is 3. The molecule has 10 nitrogen and oxygen atoms in total. The lowest BCUT2D eigenvalue weighted by Crippen LogP contribution is -2.77. The van der Waals surface area contributed by atoms with Crippen molar-refractivity contribution in [2.45, 2.75) is 68.7 Å². The van der Waals surface area contributed by atoms with Crippen LogP contribution in [0, 0.1) is 5.92 Å². The van der Waals surface area contributed by atoms with Crippen molar-refractivity contribution >= 4 is 17.9 Å². The van der Waals surface area contributed by atoms with Crippen LogP contribution in [0.4, 0.5) is 0 Å². The van der Waals surface area contributed by atoms with Crippen molar-refractivity contribution in [2.75, 3.05) is 0 Å². The monoisotopic (exact) mass is 464 g/mol. The number of aliphatic carboxylic acids is 3. The maximum absolute atomic E-state index is 12.1. The van der Waals surface area contributed by atoms with E-state index in [1.54, 1.807) is 0 Å². The number of ether oxygens (including phenoxy) is 2. The van der Waals surface area contributed by atoms with E-state index in [-0.39, 0.29) is 12.3 Å². The third-order valence-corrected chi connectivity index (χ3v) is 6.34. The van der Waals surface area contributed by atoms with Crippen molar-refractivity contribution in [3.8, 4) is 0 Å². The van der Waals surface area contributed by atoms with Gasteiger partial charge >= 0.3 is 17.9 Å². The quantitative estimate of drug-likeness (QED) is 0.334. The largest absolute Gasteiger partial charge is 0.479 e. The molecule has 2 aliphatic rings. The van der Waals surface area contributed by atoms with E-state index in [1.165, 1.54) is 0 Å². The van der Waals surface area contributed by atoms with Gasteiger partial charge in [-0.3, -0.25) is 0 Å². The molecule has 2 fully saturated rings. The summed E-state index contributed by atoms with van der Waals surface area (Å²) in [7, 11) is 0. The number of aliphatic hydroxyl groups excluding tert-OH is 1. The first-order valence-electron chi connectivity index (χ1n) is 10.6. The minimum absolute atomic E-state index is 0.0427. The molecule has 10 heteroatoms. The summed E-state index contributed by atoms with van der Waals surface area (Å²) in [6.07, 6.45) is -1.90. The van der Waals surface area contributed by atoms with E-state index in [0.717, 1.165) is 17.6 Å². The van der Waals surface area contributed by atoms with Gasteiger partial charge in [-0.2, -0.15) is 0 Å². The van der Waals surface area contributed by atoms with Crippen molar-refractivity contribution in [1.82, 2.24) is 0 Å². The Hall–Kier alpha value is -2.79. The Morgan fingerprint density at radius 3 is 2.33 bits per heavy atom. The number of carboxylic acids is 3. The zero-order chi connectivity index (χ0) is 24.6. The van der Waals surface area contributed by atoms with Crippen LogP contribution in [0.5, 0.6) is 0 Å². The number of hydrogen-bond acceptors (Lipinski definition) is 7. The topological polar surface area (TPSA) is 171 Å². The van der Waals surface area contributed by atoms with Crippen LogP contribution in [-0.4, -0.2) is 72.6 Å². The third kappa shape index (κ3) is 4.15. The first-order chi connectivity index (χ1) is 15.4. The van der Waals surface area contributed by atoms with Crippen LogP contribution < -0.4 is 0 Å². The minimum Gasteiger partial charge on any atom is -0.479 e. The van der Waals surface area contributed by atoms with Crippen molar-refractivity contribution in [3.05, 3.63) is 47.5 Å². The number of hydrogen-bond donors (Lipinski definition) is 5. The molecule has 180 valence electrons. The summed E-state index contributed by atoms with van der Waals surface area (Å²) >= 11 is 0. The second kappa shape index (κ2) is 8.86. The van der Waals surface area contributed by atoms with Crippen molar-refractivity contribution in [3.63, 3.8) is 0 Å². The zero-order valence-corrected chi connectivity index (χ0v) is 18.3. The number of aliphatic hydroxyl groups is 2. The van der Waals surface area contributed by atoms with Gasteiger partial charge in [-0.05, 0) is 31.2 Å². The van der Waals surface area contributed by atoms with Crippen molar-refractivity contribution in [1.29, 1.82) is 0 Å². The number of benzene rings is 1. The molecule has 0 aliphatic carbocycles. The first kappa shape index (κ1) is 24.8. The van der Waals surface area contributed by atoms with E-state index < -0.39 is 53.5 Å². The Morgan fingerprint density at radius 2 is 1.79 bits per heavy atom. The Morgan fingerprint density at radius 1 is 1.15 bits per heavy atom. The fourth-order valence-corrected chi connectivity index (χ4v) is 4.80. The summed E-state index contributed by atoms with van der Waals surface area (Å²) in [6.45, 7) is 3.88. The van der Waals surface area contributed by atoms with E-state index in [9.17, 15) is 39.9 Å². The molecule has 0 amide bonds. The highest BCUT2D eigenvalue weighted by Crippen LogP contribution is 2.54. The Balaban J connectivity index is 1.83. The predicted octanol–water partition coefficient (Wildman–Crippen LogP) is 1.19. The second-order valence-electron chi connectivity index (χ2n) is 8.86. The number of rotatable bonds is 9. The molecule has 0 spiro atoms. The van der Waals surface area contributed by atoms with E-state index >= 15 is 0 Å². The molecule has 6 unspecified atom stereocenters. The van der Waals surface area contributed by atoms with Crippen LogP contribution in [0.15, 0.2) is 42.0 Å². The van der Waals surface area contributed by atoms with Gasteiger partial charge in [-0.15, -0.1) is 0 Å². The number of allylic oxidation sites excluding steroid dienone is 2. The third-order valence-electron chi connectivity index (χ3n) is 6.34. The van der Waals surface area contributed by atoms with Crippen LogP contribution in [0.3, 0.4) is 0 Å². The smallest absolute Gasteiger partial charge is 0.343 e. The molecule has 1 aromatic rings. The van der Waals surface area contributed by atoms with E-state index in [1.807, 2.05) is 50.3 Å². The fraction of sp³-hybridized carbons (Fsp3) is 0.522. The van der Waals surface area contributed by atoms with Gasteiger partial charge in [0.15, 0.2) is 5.79 Å². The molecule has 0 radical (unpaired) electrons. The minimum atomic E-state index is -3.54. The summed E-state index contributed by atoms with van der Waals surface area (Å²) < 4.78 is 10.9. The molecular formula is C23H28O10. The van der Waals surface area contributed by atoms with Crippen molar-refractivity contribution < 1.29 is 49.4 Å². The first-order valence-corrected chi connectivity index (χ1v) is 10.6. The van der Waals surface area contributed by atoms with Crippen LogP contribution in [0.1, 0.15) is 38.7 Å². The molecule has 2 saturated heterocycles. The summed E-state index contributed by atoms with van der Waals surface area (Å²) in [5, 5.41) is 50.1. The predicted molar refractivity (Wildman–Crippen MR) is 112 cm³/mol. The molecule has 1 aromatic carbocycles. The number of carbonyl (C=O) groups is 3. The average Bonchev–Trinajstić information content (AvgIpc) is 3.00. The van der Waals surface area contributed by atoms with Gasteiger partial charge in [0.25, 0.3) is 0 Å². The molecule has 5 N–H and O–H groups in total. The summed E-state index contributed by atoms with van der Waals surface area (Å²) in [5.74, 6) is -7.76. The molecule has 3 rings (SSSR count). The molecule has 2 aliphatic heterocycles. The molecule has 33 heavy (non-hydrogen) atoms. The standard InChI is InChI=1S/C23H28O10/c1-13(10-14(2)11-15-6-4-3-5-7-15)8-9-21-12-16(24)23(33-21,20(29)30)22(31,19(27)28)17(32-21)18(25)26/h3-7,10,14,16-17,24,31H,8-9,11-12H2,1-2H3,(H,25,26)(H,27,28)(H,29,30). The van der Waals surface area contributed by atoms with Gasteiger partial charge < -0.3 is 35.0 Å². The van der Waals surface area contributed by atoms with Crippen LogP contribution in [0.2, 0.25) is 0 Å². The van der Waals surface area contributed by atoms with Gasteiger partial charge in [0.1, 0.15) is 6.10 Å². The van der Waals surface area contributed by atoms with Crippen molar-refractivity contribution in [2.24, 2.45) is 5.92 Å². The highest BCUT2D eigenvalue weighted by Gasteiger charge is 2.81. The number of fused-ring (bicyclic) bond motifs is 2. The van der Waals surface area contributed by atoms with Gasteiger partial charge in [0, 0.05) is 12.8 Å². The molecule has 6 atom stereocenters. The lowest BCUT2D eigenvalue weighted by Gasteiger charge is -2.48. The second-order valence-corrected chi connectivity index (χ2v) is 8.86. The average molecular weight is 464 g/mol. The van der Waals surface area contributed by atoms with Crippen LogP contribution in [0.25, 0.3) is 0 Å². The Bertz CT molecular complexity index is 959. The molecular weight excluding hydrogens is 436 g/mol. The Labute approximate surface area is 190 Å². The molecule has 2 heterocycles. The summed E-state index contributed by atoms with van der Waals surface area (Å²) in [5.41, 5.74) is -4.58. The van der Waals surface area contributed by atoms with E-state index in [2.05, 4.69) is 0 Å². The maximum Gasteiger partial charge on any atom is 0.343 e. The summed E-state index contributed by atoms with van der Waals surface area (Å²) in [4.78, 5) is 35.7. The van der Waals surface area contributed by atoms with Gasteiger partial charge in [-0.25, -0.2) is 14.4 Å². The SMILES string of the molecule is CC(=CC(C)Cc1ccccc1)CCC12CC(O)C(C(=O)O)(O1)C(O)(C(=O)O)C(C(=O)O)O2. The summed E-state index contributed by atoms with van der Waals surface area (Å²) in [6, 6.07) is 9.87. The highest BCUT2D eigenvalue weighted by molar-refractivity contribution is 5.97. The maximum atomic E-state index is 12.1. The normalized spacial score (nSPS) is 34.6. The van der Waals surface area contributed by atoms with Crippen LogP contribution >= 0.6 is 0 Å². The van der Waals surface area contributed by atoms with Gasteiger partial charge in [-0.1, -0.05) is 48.9 Å². The highest BCUT2D eigenvalue weighted by atomic mass is 16.8. The Kier molecular flexibility index (Phi) is 6.67. The molecule has 0 aromatic heterocycles. The van der Waals surface area contributed by atoms with E-state index in [4.69, 9.17) is 9.47 Å². The van der Waals surface area contributed by atoms with E-state index in [0.29, 0.717) is 6.42 Å². The van der Waals surface area contributed by atoms with Gasteiger partial charge in [0.2, 0.25) is 17.3 Å². The van der Waals surface area contributed by atoms with Gasteiger partial charge in [0.05, 0.1) is 0 Å². The fourth-order valence-electron chi connectivity index (χ4n) is 4.80. The molecule has 2 bridgehead atoms. The molecule has 0 saturated carbocycles. The lowest BCUT2D eigenvalue weighted by atomic mass is 9.75. The lowest BCUT2D eigenvalue weighted by molar-refractivity contribution is -0.365. The van der Waals surface area contributed by atoms with Crippen LogP contribution in [-0.2, 0) is 30.3 Å².